The van der Waals surface area contributed by atoms with Gasteiger partial charge in [0.25, 0.3) is 5.69 Å². The Morgan fingerprint density at radius 1 is 0.911 bits per heavy atom. The van der Waals surface area contributed by atoms with Crippen LogP contribution in [0.15, 0.2) is 106 Å². The molecule has 2 aliphatic heterocycles. The molecular weight excluding hydrogens is 755 g/mol. The lowest BCUT2D eigenvalue weighted by molar-refractivity contribution is -0.384. The first-order valence-electron chi connectivity index (χ1n) is 18.5. The topological polar surface area (TPSA) is 177 Å². The van der Waals surface area contributed by atoms with Crippen LogP contribution in [0.2, 0.25) is 0 Å². The summed E-state index contributed by atoms with van der Waals surface area (Å²) in [5.41, 5.74) is 3.95. The quantitative estimate of drug-likeness (QED) is 0.0409. The molecule has 2 heterocycles. The molecule has 3 aliphatic rings. The molecule has 2 aromatic carbocycles. The second-order valence-corrected chi connectivity index (χ2v) is 18.1. The van der Waals surface area contributed by atoms with Crippen molar-refractivity contribution in [3.8, 4) is 11.3 Å². The molecule has 1 atom stereocenters. The maximum absolute atomic E-state index is 12.0. The van der Waals surface area contributed by atoms with E-state index in [9.17, 15) is 36.1 Å². The SMILES string of the molecule is CCCC1(C)\C(=C/C=C/C=C/c2cc(C(C)(C)C)oc3cc(=[N+](CC)Cc4ccc([N+](=O)[O-])cc4)ccc2-3)N(CCCS(=O)(=O)[O-])c2ccc(S(=O)(=O)[O-])cc21. The van der Waals surface area contributed by atoms with Crippen LogP contribution < -0.4 is 14.8 Å². The number of nitro groups is 1. The van der Waals surface area contributed by atoms with E-state index in [0.717, 1.165) is 39.9 Å². The van der Waals surface area contributed by atoms with E-state index in [-0.39, 0.29) is 29.0 Å². The van der Waals surface area contributed by atoms with Crippen LogP contribution in [0.1, 0.15) is 83.3 Å². The number of allylic oxidation sites excluding steroid dienone is 5. The summed E-state index contributed by atoms with van der Waals surface area (Å²) in [4.78, 5) is 12.3. The first kappa shape index (κ1) is 42.3. The van der Waals surface area contributed by atoms with Crippen molar-refractivity contribution < 1.29 is 35.3 Å². The van der Waals surface area contributed by atoms with Crippen molar-refractivity contribution >= 4 is 37.7 Å². The van der Waals surface area contributed by atoms with Gasteiger partial charge in [-0.05, 0) is 86.4 Å². The monoisotopic (exact) mass is 802 g/mol. The second-order valence-electron chi connectivity index (χ2n) is 15.2. The van der Waals surface area contributed by atoms with E-state index in [1.54, 1.807) is 18.2 Å². The van der Waals surface area contributed by atoms with Crippen LogP contribution in [0, 0.1) is 10.1 Å². The summed E-state index contributed by atoms with van der Waals surface area (Å²) >= 11 is 0. The third kappa shape index (κ3) is 9.73. The Bertz CT molecular complexity index is 2460. The van der Waals surface area contributed by atoms with Crippen LogP contribution in [0.5, 0.6) is 0 Å². The van der Waals surface area contributed by atoms with E-state index in [2.05, 4.69) is 25.3 Å². The molecule has 12 nitrogen and oxygen atoms in total. The molecule has 0 bridgehead atoms. The summed E-state index contributed by atoms with van der Waals surface area (Å²) in [7, 11) is -9.17. The molecule has 0 amide bonds. The lowest BCUT2D eigenvalue weighted by Crippen LogP contribution is -2.30. The Balaban J connectivity index is 1.52. The number of anilines is 1. The molecule has 5 rings (SSSR count). The van der Waals surface area contributed by atoms with Crippen molar-refractivity contribution in [2.24, 2.45) is 0 Å². The van der Waals surface area contributed by atoms with Gasteiger partial charge in [0.05, 0.1) is 26.0 Å². The number of hydrogen-bond acceptors (Lipinski definition) is 10. The van der Waals surface area contributed by atoms with Gasteiger partial charge in [0.2, 0.25) is 5.36 Å². The third-order valence-electron chi connectivity index (χ3n) is 10.1. The maximum atomic E-state index is 12.0. The van der Waals surface area contributed by atoms with Crippen molar-refractivity contribution in [2.75, 3.05) is 23.7 Å². The van der Waals surface area contributed by atoms with Crippen LogP contribution in [0.4, 0.5) is 11.4 Å². The average molecular weight is 803 g/mol. The highest BCUT2D eigenvalue weighted by atomic mass is 32.2. The second kappa shape index (κ2) is 16.7. The minimum atomic E-state index is -4.72. The van der Waals surface area contributed by atoms with Gasteiger partial charge in [0.15, 0.2) is 6.54 Å². The lowest BCUT2D eigenvalue weighted by atomic mass is 9.77. The van der Waals surface area contributed by atoms with E-state index < -0.39 is 36.3 Å². The molecular formula is C42H48N3O9S2-. The Hall–Kier alpha value is -4.89. The van der Waals surface area contributed by atoms with Crippen molar-refractivity contribution in [3.63, 3.8) is 0 Å². The molecule has 0 spiro atoms. The predicted octanol–water partition coefficient (Wildman–Crippen LogP) is 7.45. The number of nitro benzene ring substituents is 1. The normalized spacial score (nSPS) is 17.7. The predicted molar refractivity (Wildman–Crippen MR) is 216 cm³/mol. The summed E-state index contributed by atoms with van der Waals surface area (Å²) in [6.07, 6.45) is 11.0. The minimum absolute atomic E-state index is 0.0469. The third-order valence-corrected chi connectivity index (χ3v) is 11.7. The van der Waals surface area contributed by atoms with Crippen LogP contribution in [-0.2, 0) is 37.6 Å². The first-order valence-corrected chi connectivity index (χ1v) is 21.5. The number of benzene rings is 3. The molecule has 56 heavy (non-hydrogen) atoms. The zero-order chi connectivity index (χ0) is 41.1. The van der Waals surface area contributed by atoms with Crippen molar-refractivity contribution in [3.05, 3.63) is 135 Å². The summed E-state index contributed by atoms with van der Waals surface area (Å²) in [5, 5.41) is 12.1. The number of non-ortho nitro benzene ring substituents is 1. The van der Waals surface area contributed by atoms with Crippen LogP contribution in [0.25, 0.3) is 17.4 Å². The molecule has 0 fully saturated rings. The highest BCUT2D eigenvalue weighted by Crippen LogP contribution is 2.51. The van der Waals surface area contributed by atoms with Gasteiger partial charge < -0.3 is 18.4 Å². The van der Waals surface area contributed by atoms with E-state index >= 15 is 0 Å². The summed E-state index contributed by atoms with van der Waals surface area (Å²) in [6.45, 7) is 13.7. The molecule has 298 valence electrons. The van der Waals surface area contributed by atoms with Gasteiger partial charge >= 0.3 is 0 Å². The van der Waals surface area contributed by atoms with Gasteiger partial charge in [-0.15, -0.1) is 0 Å². The summed E-state index contributed by atoms with van der Waals surface area (Å²) < 4.78 is 79.0. The van der Waals surface area contributed by atoms with Gasteiger partial charge in [-0.25, -0.2) is 21.4 Å². The molecule has 0 saturated carbocycles. The molecule has 14 heteroatoms. The van der Waals surface area contributed by atoms with Crippen LogP contribution in [-0.4, -0.2) is 49.7 Å². The highest BCUT2D eigenvalue weighted by Gasteiger charge is 2.43. The molecule has 1 aliphatic carbocycles. The largest absolute Gasteiger partial charge is 0.748 e. The molecule has 1 unspecified atom stereocenters. The molecule has 0 radical (unpaired) electrons. The minimum Gasteiger partial charge on any atom is -0.748 e. The van der Waals surface area contributed by atoms with E-state index in [1.807, 2.05) is 80.3 Å². The smallest absolute Gasteiger partial charge is 0.269 e. The van der Waals surface area contributed by atoms with Gasteiger partial charge in [-0.1, -0.05) is 58.4 Å². The van der Waals surface area contributed by atoms with E-state index in [4.69, 9.17) is 4.42 Å². The fraction of sp³-hybridized carbons (Fsp3) is 0.357. The van der Waals surface area contributed by atoms with Crippen molar-refractivity contribution in [1.29, 1.82) is 0 Å². The highest BCUT2D eigenvalue weighted by molar-refractivity contribution is 7.86. The van der Waals surface area contributed by atoms with Gasteiger partial charge in [-0.3, -0.25) is 10.1 Å². The Morgan fingerprint density at radius 3 is 2.23 bits per heavy atom. The Kier molecular flexibility index (Phi) is 12.6. The Morgan fingerprint density at radius 2 is 1.62 bits per heavy atom. The van der Waals surface area contributed by atoms with Gasteiger partial charge in [0.1, 0.15) is 28.2 Å². The summed E-state index contributed by atoms with van der Waals surface area (Å²) in [6, 6.07) is 18.9. The number of rotatable bonds is 14. The van der Waals surface area contributed by atoms with Crippen LogP contribution >= 0.6 is 0 Å². The maximum Gasteiger partial charge on any atom is 0.269 e. The molecule has 0 saturated heterocycles. The summed E-state index contributed by atoms with van der Waals surface area (Å²) in [5.74, 6) is 0.950. The number of nitrogens with zero attached hydrogens (tertiary/aromatic N) is 3. The molecule has 0 aromatic heterocycles. The van der Waals surface area contributed by atoms with E-state index in [1.165, 1.54) is 24.3 Å². The number of hydrogen-bond donors (Lipinski definition) is 0. The number of fused-ring (bicyclic) bond motifs is 2. The fourth-order valence-electron chi connectivity index (χ4n) is 7.19. The average Bonchev–Trinajstić information content (AvgIpc) is 3.34. The lowest BCUT2D eigenvalue weighted by Gasteiger charge is -2.30. The zero-order valence-corrected chi connectivity index (χ0v) is 34.2. The fourth-order valence-corrected chi connectivity index (χ4v) is 8.17. The van der Waals surface area contributed by atoms with Gasteiger partial charge in [-0.2, -0.15) is 0 Å². The first-order chi connectivity index (χ1) is 26.2. The van der Waals surface area contributed by atoms with Crippen molar-refractivity contribution in [1.82, 2.24) is 4.58 Å². The standard InChI is InChI=1S/C42H49N3O9S2/c1-7-23-42(6)36-28-34(56(51,52)53)20-22-37(36)44(24-12-25-55(48,49)50)39(42)14-11-9-10-13-31-26-40(41(3,4)5)54-38-27-33(19-21-35(31)38)43(8-2)29-30-15-17-32(18-16-30)45(46)47/h9-11,13-22,26-28H,7-8,12,23-25,29H2,1-6H3,(H-,48,49,50,51,52,53)/p-1. The Labute approximate surface area is 329 Å². The van der Waals surface area contributed by atoms with Crippen molar-refractivity contribution in [2.45, 2.75) is 83.1 Å². The molecule has 2 aromatic rings. The zero-order valence-electron chi connectivity index (χ0n) is 32.5. The van der Waals surface area contributed by atoms with Crippen LogP contribution in [0.3, 0.4) is 0 Å². The molecule has 0 N–H and O–H groups in total. The van der Waals surface area contributed by atoms with E-state index in [0.29, 0.717) is 36.5 Å². The van der Waals surface area contributed by atoms with Gasteiger partial charge in [0, 0.05) is 63.8 Å².